The van der Waals surface area contributed by atoms with Gasteiger partial charge in [0.1, 0.15) is 0 Å². The van der Waals surface area contributed by atoms with E-state index in [1.54, 1.807) is 0 Å². The molecule has 0 nitrogen and oxygen atoms in total. The molecular formula is C18H19Br. The minimum Gasteiger partial charge on any atom is -0.0836 e. The first-order valence-corrected chi connectivity index (χ1v) is 7.97. The van der Waals surface area contributed by atoms with Crippen molar-refractivity contribution < 1.29 is 0 Å². The smallest absolute Gasteiger partial charge is 0.0423 e. The van der Waals surface area contributed by atoms with Gasteiger partial charge in [-0.2, -0.15) is 0 Å². The van der Waals surface area contributed by atoms with Gasteiger partial charge in [0.05, 0.1) is 0 Å². The highest BCUT2D eigenvalue weighted by Crippen LogP contribution is 2.46. The van der Waals surface area contributed by atoms with Crippen LogP contribution in [0.4, 0.5) is 0 Å². The molecule has 0 aromatic heterocycles. The van der Waals surface area contributed by atoms with Gasteiger partial charge in [-0.15, -0.1) is 0 Å². The summed E-state index contributed by atoms with van der Waals surface area (Å²) in [6.45, 7) is 2.36. The summed E-state index contributed by atoms with van der Waals surface area (Å²) in [4.78, 5) is 0.491. The van der Waals surface area contributed by atoms with Crippen LogP contribution >= 0.6 is 15.9 Å². The first-order valence-electron chi connectivity index (χ1n) is 7.05. The van der Waals surface area contributed by atoms with Gasteiger partial charge in [-0.25, -0.2) is 0 Å². The summed E-state index contributed by atoms with van der Waals surface area (Å²) in [7, 11) is 0. The molecule has 2 atom stereocenters. The number of benzene rings is 2. The van der Waals surface area contributed by atoms with E-state index in [0.29, 0.717) is 4.83 Å². The SMILES string of the molecule is CC(C1CC1)C(Br)c1ccc(-c2ccccc2)cc1. The van der Waals surface area contributed by atoms with Gasteiger partial charge >= 0.3 is 0 Å². The Morgan fingerprint density at radius 1 is 0.895 bits per heavy atom. The van der Waals surface area contributed by atoms with Crippen LogP contribution in [-0.4, -0.2) is 0 Å². The van der Waals surface area contributed by atoms with Crippen LogP contribution in [-0.2, 0) is 0 Å². The maximum absolute atomic E-state index is 3.87. The van der Waals surface area contributed by atoms with Crippen LogP contribution in [0.5, 0.6) is 0 Å². The summed E-state index contributed by atoms with van der Waals surface area (Å²) in [6.07, 6.45) is 2.82. The standard InChI is InChI=1S/C18H19Br/c1-13(14-7-8-14)18(19)17-11-9-16(10-12-17)15-5-3-2-4-6-15/h2-6,9-14,18H,7-8H2,1H3. The summed E-state index contributed by atoms with van der Waals surface area (Å²) in [5.74, 6) is 1.67. The molecule has 1 aliphatic carbocycles. The molecule has 0 bridgehead atoms. The molecule has 3 rings (SSSR count). The number of hydrogen-bond acceptors (Lipinski definition) is 0. The van der Waals surface area contributed by atoms with E-state index in [0.717, 1.165) is 11.8 Å². The average molecular weight is 315 g/mol. The largest absolute Gasteiger partial charge is 0.0836 e. The van der Waals surface area contributed by atoms with Crippen molar-refractivity contribution in [1.82, 2.24) is 0 Å². The topological polar surface area (TPSA) is 0 Å². The van der Waals surface area contributed by atoms with E-state index in [1.165, 1.54) is 29.5 Å². The van der Waals surface area contributed by atoms with E-state index < -0.39 is 0 Å². The predicted molar refractivity (Wildman–Crippen MR) is 85.4 cm³/mol. The average Bonchev–Trinajstić information content (AvgIpc) is 3.31. The molecule has 98 valence electrons. The first kappa shape index (κ1) is 12.9. The molecule has 2 aromatic carbocycles. The van der Waals surface area contributed by atoms with E-state index in [2.05, 4.69) is 77.5 Å². The monoisotopic (exact) mass is 314 g/mol. The lowest BCUT2D eigenvalue weighted by atomic mass is 9.95. The Morgan fingerprint density at radius 2 is 1.47 bits per heavy atom. The van der Waals surface area contributed by atoms with Crippen molar-refractivity contribution in [3.05, 3.63) is 60.2 Å². The Balaban J connectivity index is 1.78. The van der Waals surface area contributed by atoms with Gasteiger partial charge < -0.3 is 0 Å². The second-order valence-corrected chi connectivity index (χ2v) is 6.57. The molecule has 1 aliphatic rings. The molecule has 1 fully saturated rings. The van der Waals surface area contributed by atoms with Gasteiger partial charge in [-0.05, 0) is 41.4 Å². The summed E-state index contributed by atoms with van der Waals surface area (Å²) in [5, 5.41) is 0. The van der Waals surface area contributed by atoms with Crippen LogP contribution in [0, 0.1) is 11.8 Å². The highest BCUT2D eigenvalue weighted by Gasteiger charge is 2.32. The molecule has 0 aliphatic heterocycles. The van der Waals surface area contributed by atoms with Crippen molar-refractivity contribution in [2.75, 3.05) is 0 Å². The lowest BCUT2D eigenvalue weighted by Gasteiger charge is -2.18. The third-order valence-corrected chi connectivity index (χ3v) is 5.53. The fourth-order valence-electron chi connectivity index (χ4n) is 2.65. The van der Waals surface area contributed by atoms with Crippen LogP contribution in [0.3, 0.4) is 0 Å². The number of alkyl halides is 1. The van der Waals surface area contributed by atoms with E-state index >= 15 is 0 Å². The Kier molecular flexibility index (Phi) is 3.74. The quantitative estimate of drug-likeness (QED) is 0.622. The molecule has 19 heavy (non-hydrogen) atoms. The van der Waals surface area contributed by atoms with Crippen molar-refractivity contribution >= 4 is 15.9 Å². The third-order valence-electron chi connectivity index (χ3n) is 4.16. The van der Waals surface area contributed by atoms with Gasteiger partial charge in [0.2, 0.25) is 0 Å². The third kappa shape index (κ3) is 2.92. The van der Waals surface area contributed by atoms with Crippen LogP contribution in [0.15, 0.2) is 54.6 Å². The second-order valence-electron chi connectivity index (χ2n) is 5.59. The summed E-state index contributed by atoms with van der Waals surface area (Å²) >= 11 is 3.87. The van der Waals surface area contributed by atoms with Crippen LogP contribution < -0.4 is 0 Å². The van der Waals surface area contributed by atoms with Gasteiger partial charge in [-0.1, -0.05) is 77.5 Å². The number of rotatable bonds is 4. The van der Waals surface area contributed by atoms with E-state index in [4.69, 9.17) is 0 Å². The first-order chi connectivity index (χ1) is 9.25. The molecule has 0 spiro atoms. The number of halogens is 1. The lowest BCUT2D eigenvalue weighted by Crippen LogP contribution is -2.05. The molecule has 1 heteroatoms. The van der Waals surface area contributed by atoms with Crippen LogP contribution in [0.1, 0.15) is 30.2 Å². The predicted octanol–water partition coefficient (Wildman–Crippen LogP) is 5.84. The van der Waals surface area contributed by atoms with Gasteiger partial charge in [0.15, 0.2) is 0 Å². The number of hydrogen-bond donors (Lipinski definition) is 0. The van der Waals surface area contributed by atoms with Crippen molar-refractivity contribution in [1.29, 1.82) is 0 Å². The molecule has 0 radical (unpaired) electrons. The van der Waals surface area contributed by atoms with Crippen molar-refractivity contribution in [2.45, 2.75) is 24.6 Å². The molecule has 0 saturated heterocycles. The summed E-state index contributed by atoms with van der Waals surface area (Å²) in [6, 6.07) is 19.6. The fraction of sp³-hybridized carbons (Fsp3) is 0.333. The molecular weight excluding hydrogens is 296 g/mol. The molecule has 2 aromatic rings. The minimum atomic E-state index is 0.491. The van der Waals surface area contributed by atoms with Crippen LogP contribution in [0.2, 0.25) is 0 Å². The van der Waals surface area contributed by atoms with E-state index in [1.807, 2.05) is 0 Å². The Labute approximate surface area is 124 Å². The van der Waals surface area contributed by atoms with Gasteiger partial charge in [0, 0.05) is 4.83 Å². The summed E-state index contributed by atoms with van der Waals surface area (Å²) in [5.41, 5.74) is 3.98. The van der Waals surface area contributed by atoms with E-state index in [9.17, 15) is 0 Å². The molecule has 0 N–H and O–H groups in total. The Morgan fingerprint density at radius 3 is 2.05 bits per heavy atom. The Bertz CT molecular complexity index is 525. The minimum absolute atomic E-state index is 0.491. The zero-order chi connectivity index (χ0) is 13.2. The normalized spacial score (nSPS) is 18.0. The maximum atomic E-state index is 3.87. The zero-order valence-corrected chi connectivity index (χ0v) is 12.8. The lowest BCUT2D eigenvalue weighted by molar-refractivity contribution is 0.503. The van der Waals surface area contributed by atoms with Gasteiger partial charge in [-0.3, -0.25) is 0 Å². The second kappa shape index (κ2) is 5.50. The van der Waals surface area contributed by atoms with Crippen LogP contribution in [0.25, 0.3) is 11.1 Å². The van der Waals surface area contributed by atoms with Gasteiger partial charge in [0.25, 0.3) is 0 Å². The Hall–Kier alpha value is -1.08. The summed E-state index contributed by atoms with van der Waals surface area (Å²) < 4.78 is 0. The maximum Gasteiger partial charge on any atom is 0.0423 e. The van der Waals surface area contributed by atoms with Crippen molar-refractivity contribution in [3.63, 3.8) is 0 Å². The zero-order valence-electron chi connectivity index (χ0n) is 11.2. The molecule has 0 heterocycles. The van der Waals surface area contributed by atoms with Crippen molar-refractivity contribution in [3.8, 4) is 11.1 Å². The van der Waals surface area contributed by atoms with Crippen molar-refractivity contribution in [2.24, 2.45) is 11.8 Å². The fourth-order valence-corrected chi connectivity index (χ4v) is 3.39. The molecule has 0 amide bonds. The molecule has 1 saturated carbocycles. The molecule has 2 unspecified atom stereocenters. The highest BCUT2D eigenvalue weighted by atomic mass is 79.9. The van der Waals surface area contributed by atoms with E-state index in [-0.39, 0.29) is 0 Å². The highest BCUT2D eigenvalue weighted by molar-refractivity contribution is 9.09.